The molecule has 168 valence electrons. The van der Waals surface area contributed by atoms with Crippen LogP contribution in [0.3, 0.4) is 0 Å². The van der Waals surface area contributed by atoms with Crippen LogP contribution in [0.4, 0.5) is 0 Å². The minimum Gasteiger partial charge on any atom is -0.493 e. The molecule has 0 spiro atoms. The highest BCUT2D eigenvalue weighted by molar-refractivity contribution is 7.89. The lowest BCUT2D eigenvalue weighted by molar-refractivity contribution is -0.138. The first-order valence-corrected chi connectivity index (χ1v) is 10.8. The number of benzene rings is 2. The van der Waals surface area contributed by atoms with Gasteiger partial charge in [0.2, 0.25) is 10.0 Å². The Hall–Kier alpha value is -2.99. The number of methoxy groups -OCH3 is 1. The van der Waals surface area contributed by atoms with E-state index in [4.69, 9.17) is 25.7 Å². The van der Waals surface area contributed by atoms with Gasteiger partial charge in [-0.1, -0.05) is 18.2 Å². The van der Waals surface area contributed by atoms with E-state index in [1.165, 1.54) is 37.4 Å². The summed E-state index contributed by atoms with van der Waals surface area (Å²) in [7, 11) is -2.51. The summed E-state index contributed by atoms with van der Waals surface area (Å²) in [6.45, 7) is 0.852. The summed E-state index contributed by atoms with van der Waals surface area (Å²) in [5.41, 5.74) is 11.2. The maximum Gasteiger partial charge on any atom is 0.345 e. The van der Waals surface area contributed by atoms with Crippen molar-refractivity contribution in [3.63, 3.8) is 0 Å². The van der Waals surface area contributed by atoms with Gasteiger partial charge < -0.3 is 25.7 Å². The number of rotatable bonds is 11. The highest BCUT2D eigenvalue weighted by Crippen LogP contribution is 2.28. The standard InChI is InChI=1S/C20H25N3O7S/c1-28-17-12-14(8-9-16(17)29-11-5-10-21)20(25)30-19(24)13-18(22)23-31(26,27)15-6-3-2-4-7-15/h2-4,6-9,12,18,23H,5,10-11,13,21-22H2,1H3/t18-/m0/s1. The summed E-state index contributed by atoms with van der Waals surface area (Å²) >= 11 is 0. The largest absolute Gasteiger partial charge is 0.493 e. The summed E-state index contributed by atoms with van der Waals surface area (Å²) in [5, 5.41) is 0. The fraction of sp³-hybridized carbons (Fsp3) is 0.300. The molecule has 0 heterocycles. The average Bonchev–Trinajstić information content (AvgIpc) is 2.74. The minimum absolute atomic E-state index is 0.00393. The summed E-state index contributed by atoms with van der Waals surface area (Å²) in [6, 6.07) is 11.8. The monoisotopic (exact) mass is 451 g/mol. The lowest BCUT2D eigenvalue weighted by Crippen LogP contribution is -2.43. The van der Waals surface area contributed by atoms with Crippen molar-refractivity contribution in [3.8, 4) is 11.5 Å². The SMILES string of the molecule is COc1cc(C(=O)OC(=O)C[C@@H](N)NS(=O)(=O)c2ccccc2)ccc1OCCCN. The molecule has 31 heavy (non-hydrogen) atoms. The molecular formula is C20H25N3O7S. The lowest BCUT2D eigenvalue weighted by atomic mass is 10.2. The number of hydrogen-bond donors (Lipinski definition) is 3. The Morgan fingerprint density at radius 1 is 1.10 bits per heavy atom. The number of carbonyl (C=O) groups excluding carboxylic acids is 2. The molecule has 11 heteroatoms. The molecule has 10 nitrogen and oxygen atoms in total. The van der Waals surface area contributed by atoms with Crippen LogP contribution in [0.15, 0.2) is 53.4 Å². The van der Waals surface area contributed by atoms with Gasteiger partial charge in [0.05, 0.1) is 36.8 Å². The minimum atomic E-state index is -3.92. The molecule has 0 aliphatic carbocycles. The molecule has 0 aromatic heterocycles. The molecule has 0 radical (unpaired) electrons. The van der Waals surface area contributed by atoms with Gasteiger partial charge in [0, 0.05) is 0 Å². The van der Waals surface area contributed by atoms with Crippen molar-refractivity contribution in [2.24, 2.45) is 11.5 Å². The average molecular weight is 452 g/mol. The van der Waals surface area contributed by atoms with E-state index < -0.39 is 34.5 Å². The summed E-state index contributed by atoms with van der Waals surface area (Å²) in [5.74, 6) is -1.23. The fourth-order valence-electron chi connectivity index (χ4n) is 2.47. The van der Waals surface area contributed by atoms with Crippen molar-refractivity contribution in [1.29, 1.82) is 0 Å². The van der Waals surface area contributed by atoms with Crippen LogP contribution in [0.1, 0.15) is 23.2 Å². The second-order valence-corrected chi connectivity index (χ2v) is 8.08. The van der Waals surface area contributed by atoms with Gasteiger partial charge in [-0.2, -0.15) is 4.72 Å². The number of nitrogens with one attached hydrogen (secondary N) is 1. The Bertz CT molecular complexity index is 997. The molecule has 0 amide bonds. The molecule has 2 rings (SSSR count). The fourth-order valence-corrected chi connectivity index (χ4v) is 3.60. The van der Waals surface area contributed by atoms with E-state index in [9.17, 15) is 18.0 Å². The maximum absolute atomic E-state index is 12.2. The van der Waals surface area contributed by atoms with Crippen molar-refractivity contribution in [1.82, 2.24) is 4.72 Å². The van der Waals surface area contributed by atoms with Crippen molar-refractivity contribution in [2.45, 2.75) is 23.9 Å². The quantitative estimate of drug-likeness (QED) is 0.194. The maximum atomic E-state index is 12.2. The van der Waals surface area contributed by atoms with Crippen molar-refractivity contribution in [2.75, 3.05) is 20.3 Å². The summed E-state index contributed by atoms with van der Waals surface area (Å²) in [4.78, 5) is 24.3. The smallest absolute Gasteiger partial charge is 0.345 e. The molecule has 5 N–H and O–H groups in total. The lowest BCUT2D eigenvalue weighted by Gasteiger charge is -2.14. The molecule has 2 aromatic carbocycles. The van der Waals surface area contributed by atoms with Gasteiger partial charge in [-0.25, -0.2) is 13.2 Å². The first-order chi connectivity index (χ1) is 14.8. The molecular weight excluding hydrogens is 426 g/mol. The highest BCUT2D eigenvalue weighted by Gasteiger charge is 2.22. The second-order valence-electron chi connectivity index (χ2n) is 6.36. The Balaban J connectivity index is 1.95. The molecule has 0 unspecified atom stereocenters. The van der Waals surface area contributed by atoms with Crippen LogP contribution < -0.4 is 25.7 Å². The van der Waals surface area contributed by atoms with E-state index in [0.29, 0.717) is 25.3 Å². The van der Waals surface area contributed by atoms with E-state index in [1.807, 2.05) is 0 Å². The Morgan fingerprint density at radius 3 is 2.45 bits per heavy atom. The molecule has 0 aliphatic heterocycles. The zero-order valence-corrected chi connectivity index (χ0v) is 17.8. The van der Waals surface area contributed by atoms with Crippen molar-refractivity contribution < 1.29 is 32.2 Å². The first-order valence-electron chi connectivity index (χ1n) is 9.35. The van der Waals surface area contributed by atoms with E-state index in [1.54, 1.807) is 18.2 Å². The van der Waals surface area contributed by atoms with Crippen molar-refractivity contribution in [3.05, 3.63) is 54.1 Å². The number of sulfonamides is 1. The third kappa shape index (κ3) is 7.33. The normalized spacial score (nSPS) is 12.1. The van der Waals surface area contributed by atoms with Crippen LogP contribution in [0.5, 0.6) is 11.5 Å². The number of hydrogen-bond acceptors (Lipinski definition) is 9. The van der Waals surface area contributed by atoms with Gasteiger partial charge in [0.1, 0.15) is 0 Å². The molecule has 0 fully saturated rings. The number of carbonyl (C=O) groups is 2. The molecule has 2 aromatic rings. The molecule has 0 bridgehead atoms. The first kappa shape index (κ1) is 24.3. The van der Waals surface area contributed by atoms with E-state index in [0.717, 1.165) is 0 Å². The Morgan fingerprint density at radius 2 is 1.81 bits per heavy atom. The molecule has 1 atom stereocenters. The molecule has 0 saturated heterocycles. The van der Waals surface area contributed by atoms with Crippen LogP contribution in [-0.2, 0) is 19.6 Å². The molecule has 0 aliphatic rings. The van der Waals surface area contributed by atoms with E-state index >= 15 is 0 Å². The number of nitrogens with two attached hydrogens (primary N) is 2. The summed E-state index contributed by atoms with van der Waals surface area (Å²) in [6.07, 6.45) is -1.18. The van der Waals surface area contributed by atoms with Crippen molar-refractivity contribution >= 4 is 22.0 Å². The summed E-state index contributed by atoms with van der Waals surface area (Å²) < 4.78 is 42.1. The van der Waals surface area contributed by atoms with Gasteiger partial charge in [-0.05, 0) is 43.3 Å². The third-order valence-electron chi connectivity index (χ3n) is 3.96. The van der Waals surface area contributed by atoms with Crippen LogP contribution >= 0.6 is 0 Å². The Kier molecular flexibility index (Phi) is 8.94. The highest BCUT2D eigenvalue weighted by atomic mass is 32.2. The topological polar surface area (TPSA) is 160 Å². The zero-order valence-electron chi connectivity index (χ0n) is 16.9. The predicted molar refractivity (Wildman–Crippen MR) is 112 cm³/mol. The van der Waals surface area contributed by atoms with Crippen LogP contribution in [0.2, 0.25) is 0 Å². The van der Waals surface area contributed by atoms with Gasteiger partial charge in [-0.15, -0.1) is 0 Å². The van der Waals surface area contributed by atoms with Gasteiger partial charge >= 0.3 is 11.9 Å². The zero-order chi connectivity index (χ0) is 22.9. The number of esters is 2. The van der Waals surface area contributed by atoms with E-state index in [-0.39, 0.29) is 16.2 Å². The third-order valence-corrected chi connectivity index (χ3v) is 5.46. The molecule has 0 saturated carbocycles. The Labute approximate surface area is 180 Å². The van der Waals surface area contributed by atoms with E-state index in [2.05, 4.69) is 4.72 Å². The second kappa shape index (κ2) is 11.4. The van der Waals surface area contributed by atoms with Crippen LogP contribution in [0.25, 0.3) is 0 Å². The van der Waals surface area contributed by atoms with Gasteiger partial charge in [0.25, 0.3) is 0 Å². The number of ether oxygens (including phenoxy) is 3. The van der Waals surface area contributed by atoms with Crippen LogP contribution in [0, 0.1) is 0 Å². The predicted octanol–water partition coefficient (Wildman–Crippen LogP) is 0.760. The van der Waals surface area contributed by atoms with Gasteiger partial charge in [-0.3, -0.25) is 4.79 Å². The van der Waals surface area contributed by atoms with Gasteiger partial charge in [0.15, 0.2) is 11.5 Å². The van der Waals surface area contributed by atoms with Crippen LogP contribution in [-0.4, -0.2) is 46.8 Å².